The Hall–Kier alpha value is -0.380. The van der Waals surface area contributed by atoms with Crippen LogP contribution in [0.1, 0.15) is 19.4 Å². The SMILES string of the molecule is COCC(C)NC(N)=NCC(C)(O)c1ccsc1.I. The molecule has 110 valence electrons. The fourth-order valence-corrected chi connectivity index (χ4v) is 2.27. The molecule has 19 heavy (non-hydrogen) atoms. The van der Waals surface area contributed by atoms with Crippen molar-refractivity contribution in [2.45, 2.75) is 25.5 Å². The Labute approximate surface area is 135 Å². The normalized spacial score (nSPS) is 16.3. The van der Waals surface area contributed by atoms with E-state index in [0.29, 0.717) is 12.6 Å². The second-order valence-electron chi connectivity index (χ2n) is 4.49. The molecule has 0 spiro atoms. The van der Waals surface area contributed by atoms with Gasteiger partial charge in [0.15, 0.2) is 5.96 Å². The van der Waals surface area contributed by atoms with E-state index in [9.17, 15) is 5.11 Å². The molecule has 7 heteroatoms. The Morgan fingerprint density at radius 1 is 1.68 bits per heavy atom. The molecule has 1 aromatic rings. The summed E-state index contributed by atoms with van der Waals surface area (Å²) in [7, 11) is 1.63. The molecule has 2 atom stereocenters. The van der Waals surface area contributed by atoms with Crippen LogP contribution in [0, 0.1) is 0 Å². The molecule has 0 amide bonds. The molecule has 0 saturated carbocycles. The largest absolute Gasteiger partial charge is 0.383 e. The number of methoxy groups -OCH3 is 1. The maximum Gasteiger partial charge on any atom is 0.188 e. The first-order valence-electron chi connectivity index (χ1n) is 5.76. The van der Waals surface area contributed by atoms with Crippen molar-refractivity contribution >= 4 is 41.3 Å². The summed E-state index contributed by atoms with van der Waals surface area (Å²) in [5.74, 6) is 0.315. The molecule has 0 bridgehead atoms. The van der Waals surface area contributed by atoms with E-state index < -0.39 is 5.60 Å². The number of nitrogens with zero attached hydrogens (tertiary/aromatic N) is 1. The van der Waals surface area contributed by atoms with E-state index >= 15 is 0 Å². The lowest BCUT2D eigenvalue weighted by Gasteiger charge is -2.21. The van der Waals surface area contributed by atoms with Gasteiger partial charge in [0, 0.05) is 13.2 Å². The highest BCUT2D eigenvalue weighted by molar-refractivity contribution is 14.0. The fourth-order valence-electron chi connectivity index (χ4n) is 1.49. The minimum absolute atomic E-state index is 0. The maximum atomic E-state index is 10.3. The molecule has 0 radical (unpaired) electrons. The van der Waals surface area contributed by atoms with E-state index in [1.807, 2.05) is 23.8 Å². The van der Waals surface area contributed by atoms with E-state index in [2.05, 4.69) is 10.3 Å². The fraction of sp³-hybridized carbons (Fsp3) is 0.583. The predicted octanol–water partition coefficient (Wildman–Crippen LogP) is 1.51. The zero-order valence-corrected chi connectivity index (χ0v) is 14.6. The average molecular weight is 399 g/mol. The molecule has 0 aliphatic heterocycles. The lowest BCUT2D eigenvalue weighted by atomic mass is 10.00. The van der Waals surface area contributed by atoms with Gasteiger partial charge in [-0.1, -0.05) is 0 Å². The summed E-state index contributed by atoms with van der Waals surface area (Å²) in [6, 6.07) is 1.97. The number of ether oxygens (including phenoxy) is 1. The first-order valence-corrected chi connectivity index (χ1v) is 6.70. The zero-order chi connectivity index (χ0) is 13.6. The molecule has 0 fully saturated rings. The number of hydrogen-bond acceptors (Lipinski definition) is 4. The van der Waals surface area contributed by atoms with Crippen molar-refractivity contribution in [2.24, 2.45) is 10.7 Å². The van der Waals surface area contributed by atoms with E-state index in [1.165, 1.54) is 0 Å². The van der Waals surface area contributed by atoms with Crippen molar-refractivity contribution in [3.05, 3.63) is 22.4 Å². The molecule has 1 heterocycles. The number of nitrogens with two attached hydrogens (primary N) is 1. The Balaban J connectivity index is 0.00000324. The molecule has 0 saturated heterocycles. The van der Waals surface area contributed by atoms with Crippen LogP contribution < -0.4 is 11.1 Å². The van der Waals surface area contributed by atoms with Gasteiger partial charge in [-0.15, -0.1) is 24.0 Å². The average Bonchev–Trinajstić information content (AvgIpc) is 2.81. The monoisotopic (exact) mass is 399 g/mol. The smallest absolute Gasteiger partial charge is 0.188 e. The molecule has 0 aromatic carbocycles. The minimum atomic E-state index is -0.989. The maximum absolute atomic E-state index is 10.3. The first-order chi connectivity index (χ1) is 8.45. The van der Waals surface area contributed by atoms with Crippen molar-refractivity contribution < 1.29 is 9.84 Å². The van der Waals surface area contributed by atoms with Crippen LogP contribution >= 0.6 is 35.3 Å². The molecule has 4 N–H and O–H groups in total. The molecule has 0 aliphatic rings. The van der Waals surface area contributed by atoms with Crippen molar-refractivity contribution in [1.82, 2.24) is 5.32 Å². The molecule has 5 nitrogen and oxygen atoms in total. The number of hydrogen-bond donors (Lipinski definition) is 3. The van der Waals surface area contributed by atoms with E-state index in [1.54, 1.807) is 25.4 Å². The van der Waals surface area contributed by atoms with Crippen molar-refractivity contribution in [2.75, 3.05) is 20.3 Å². The van der Waals surface area contributed by atoms with Crippen LogP contribution in [-0.2, 0) is 10.3 Å². The zero-order valence-electron chi connectivity index (χ0n) is 11.4. The number of aliphatic imine (C=N–C) groups is 1. The van der Waals surface area contributed by atoms with Gasteiger partial charge in [-0.2, -0.15) is 11.3 Å². The van der Waals surface area contributed by atoms with Gasteiger partial charge in [0.2, 0.25) is 0 Å². The van der Waals surface area contributed by atoms with Crippen LogP contribution in [-0.4, -0.2) is 37.4 Å². The third-order valence-electron chi connectivity index (χ3n) is 2.51. The lowest BCUT2D eigenvalue weighted by Crippen LogP contribution is -2.41. The van der Waals surface area contributed by atoms with Gasteiger partial charge in [0.25, 0.3) is 0 Å². The van der Waals surface area contributed by atoms with Crippen LogP contribution in [0.25, 0.3) is 0 Å². The van der Waals surface area contributed by atoms with Crippen molar-refractivity contribution in [1.29, 1.82) is 0 Å². The van der Waals surface area contributed by atoms with E-state index in [4.69, 9.17) is 10.5 Å². The number of aliphatic hydroxyl groups is 1. The summed E-state index contributed by atoms with van der Waals surface area (Å²) in [5, 5.41) is 17.1. The summed E-state index contributed by atoms with van der Waals surface area (Å²) in [6.07, 6.45) is 0. The summed E-state index contributed by atoms with van der Waals surface area (Å²) in [6.45, 7) is 4.45. The van der Waals surface area contributed by atoms with E-state index in [0.717, 1.165) is 5.56 Å². The second kappa shape index (κ2) is 8.72. The Morgan fingerprint density at radius 2 is 2.37 bits per heavy atom. The van der Waals surface area contributed by atoms with Gasteiger partial charge in [0.1, 0.15) is 5.60 Å². The topological polar surface area (TPSA) is 79.9 Å². The molecular weight excluding hydrogens is 377 g/mol. The third-order valence-corrected chi connectivity index (χ3v) is 3.19. The summed E-state index contributed by atoms with van der Waals surface area (Å²) < 4.78 is 4.99. The van der Waals surface area contributed by atoms with Gasteiger partial charge in [-0.05, 0) is 36.2 Å². The first kappa shape index (κ1) is 18.6. The summed E-state index contributed by atoms with van der Waals surface area (Å²) >= 11 is 1.55. The van der Waals surface area contributed by atoms with Crippen LogP contribution in [0.5, 0.6) is 0 Å². The number of thiophene rings is 1. The standard InChI is InChI=1S/C12H21N3O2S.HI/c1-9(6-17-3)15-11(13)14-8-12(2,16)10-4-5-18-7-10;/h4-5,7,9,16H,6,8H2,1-3H3,(H3,13,14,15);1H. The van der Waals surface area contributed by atoms with Gasteiger partial charge in [-0.25, -0.2) is 0 Å². The van der Waals surface area contributed by atoms with Crippen LogP contribution in [0.15, 0.2) is 21.8 Å². The lowest BCUT2D eigenvalue weighted by molar-refractivity contribution is 0.0677. The van der Waals surface area contributed by atoms with Crippen molar-refractivity contribution in [3.8, 4) is 0 Å². The highest BCUT2D eigenvalue weighted by Crippen LogP contribution is 2.22. The number of nitrogens with one attached hydrogen (secondary N) is 1. The Morgan fingerprint density at radius 3 is 2.89 bits per heavy atom. The molecular formula is C12H22IN3O2S. The molecule has 1 rings (SSSR count). The molecule has 1 aromatic heterocycles. The molecule has 0 aliphatic carbocycles. The minimum Gasteiger partial charge on any atom is -0.383 e. The second-order valence-corrected chi connectivity index (χ2v) is 5.27. The molecule has 2 unspecified atom stereocenters. The number of guanidine groups is 1. The quantitative estimate of drug-likeness (QED) is 0.385. The summed E-state index contributed by atoms with van der Waals surface area (Å²) in [5.41, 5.74) is 5.61. The Bertz CT molecular complexity index is 382. The van der Waals surface area contributed by atoms with Crippen LogP contribution in [0.3, 0.4) is 0 Å². The number of rotatable bonds is 6. The highest BCUT2D eigenvalue weighted by Gasteiger charge is 2.23. The van der Waals surface area contributed by atoms with Crippen LogP contribution in [0.4, 0.5) is 0 Å². The Kier molecular flexibility index (Phi) is 8.55. The van der Waals surface area contributed by atoms with Gasteiger partial charge in [-0.3, -0.25) is 4.99 Å². The summed E-state index contributed by atoms with van der Waals surface area (Å²) in [4.78, 5) is 4.16. The number of halogens is 1. The van der Waals surface area contributed by atoms with Gasteiger partial charge in [0.05, 0.1) is 13.2 Å². The van der Waals surface area contributed by atoms with E-state index in [-0.39, 0.29) is 36.6 Å². The predicted molar refractivity (Wildman–Crippen MR) is 90.3 cm³/mol. The van der Waals surface area contributed by atoms with Crippen LogP contribution in [0.2, 0.25) is 0 Å². The van der Waals surface area contributed by atoms with Gasteiger partial charge >= 0.3 is 0 Å². The third kappa shape index (κ3) is 6.55. The highest BCUT2D eigenvalue weighted by atomic mass is 127. The van der Waals surface area contributed by atoms with Gasteiger partial charge < -0.3 is 20.9 Å². The van der Waals surface area contributed by atoms with Crippen molar-refractivity contribution in [3.63, 3.8) is 0 Å².